The van der Waals surface area contributed by atoms with E-state index in [-0.39, 0.29) is 18.0 Å². The fraction of sp³-hybridized carbons (Fsp3) is 0.118. The number of nitrogens with one attached hydrogen (secondary N) is 3. The van der Waals surface area contributed by atoms with E-state index >= 15 is 0 Å². The van der Waals surface area contributed by atoms with Gasteiger partial charge in [-0.25, -0.2) is 13.2 Å². The predicted molar refractivity (Wildman–Crippen MR) is 92.8 cm³/mol. The van der Waals surface area contributed by atoms with Gasteiger partial charge >= 0.3 is 6.03 Å². The molecule has 0 aliphatic rings. The van der Waals surface area contributed by atoms with Crippen LogP contribution in [0.2, 0.25) is 0 Å². The highest BCUT2D eigenvalue weighted by Crippen LogP contribution is 2.19. The van der Waals surface area contributed by atoms with Crippen molar-refractivity contribution in [2.45, 2.75) is 11.4 Å². The van der Waals surface area contributed by atoms with Gasteiger partial charge in [0.1, 0.15) is 0 Å². The molecular weight excluding hydrogens is 326 g/mol. The Kier molecular flexibility index (Phi) is 5.82. The summed E-state index contributed by atoms with van der Waals surface area (Å²) in [6.07, 6.45) is 5.06. The summed E-state index contributed by atoms with van der Waals surface area (Å²) in [4.78, 5) is 11.7. The molecule has 0 radical (unpaired) electrons. The van der Waals surface area contributed by atoms with Crippen LogP contribution >= 0.6 is 0 Å². The predicted octanol–water partition coefficient (Wildman–Crippen LogP) is 1.92. The molecule has 7 heteroatoms. The molecule has 0 saturated carbocycles. The number of sulfonamides is 1. The molecule has 0 unspecified atom stereocenters. The van der Waals surface area contributed by atoms with Gasteiger partial charge in [0.05, 0.1) is 17.1 Å². The summed E-state index contributed by atoms with van der Waals surface area (Å²) in [5.74, 6) is 2.29. The van der Waals surface area contributed by atoms with E-state index in [2.05, 4.69) is 21.3 Å². The average Bonchev–Trinajstić information content (AvgIpc) is 2.59. The number of amides is 2. The molecule has 0 fully saturated rings. The topological polar surface area (TPSA) is 87.3 Å². The zero-order chi connectivity index (χ0) is 17.4. The van der Waals surface area contributed by atoms with Crippen LogP contribution in [0.3, 0.4) is 0 Å². The maximum absolute atomic E-state index is 12.4. The number of para-hydroxylation sites is 1. The van der Waals surface area contributed by atoms with E-state index in [9.17, 15) is 13.2 Å². The second-order valence-corrected chi connectivity index (χ2v) is 6.50. The van der Waals surface area contributed by atoms with Crippen molar-refractivity contribution in [3.8, 4) is 12.3 Å². The van der Waals surface area contributed by atoms with Crippen LogP contribution in [0, 0.1) is 12.3 Å². The maximum atomic E-state index is 12.4. The number of benzene rings is 2. The lowest BCUT2D eigenvalue weighted by Crippen LogP contribution is -2.35. The molecule has 2 rings (SSSR count). The molecule has 0 spiro atoms. The average molecular weight is 343 g/mol. The molecule has 6 nitrogen and oxygen atoms in total. The molecule has 0 aliphatic carbocycles. The zero-order valence-corrected chi connectivity index (χ0v) is 13.6. The van der Waals surface area contributed by atoms with Gasteiger partial charge in [0.2, 0.25) is 0 Å². The zero-order valence-electron chi connectivity index (χ0n) is 12.8. The summed E-state index contributed by atoms with van der Waals surface area (Å²) in [7, 11) is -3.69. The molecule has 3 N–H and O–H groups in total. The Morgan fingerprint density at radius 2 is 1.67 bits per heavy atom. The summed E-state index contributed by atoms with van der Waals surface area (Å²) in [6, 6.07) is 14.5. The summed E-state index contributed by atoms with van der Waals surface area (Å²) in [5.41, 5.74) is 1.03. The van der Waals surface area contributed by atoms with E-state index in [1.165, 1.54) is 12.1 Å². The van der Waals surface area contributed by atoms with E-state index < -0.39 is 16.1 Å². The van der Waals surface area contributed by atoms with Gasteiger partial charge in [0, 0.05) is 6.54 Å². The summed E-state index contributed by atoms with van der Waals surface area (Å²) >= 11 is 0. The first-order chi connectivity index (χ1) is 11.5. The Morgan fingerprint density at radius 3 is 2.38 bits per heavy atom. The minimum Gasteiger partial charge on any atom is -0.334 e. The van der Waals surface area contributed by atoms with Crippen molar-refractivity contribution in [3.05, 3.63) is 60.2 Å². The normalized spacial score (nSPS) is 10.5. The third kappa shape index (κ3) is 4.76. The van der Waals surface area contributed by atoms with E-state index in [0.717, 1.165) is 0 Å². The van der Waals surface area contributed by atoms with Gasteiger partial charge in [-0.3, -0.25) is 4.72 Å². The molecule has 0 heterocycles. The minimum absolute atomic E-state index is 0.119. The highest BCUT2D eigenvalue weighted by Gasteiger charge is 2.15. The van der Waals surface area contributed by atoms with Crippen LogP contribution < -0.4 is 15.4 Å². The third-order valence-corrected chi connectivity index (χ3v) is 4.49. The Bertz CT molecular complexity index is 843. The molecule has 0 aromatic heterocycles. The van der Waals surface area contributed by atoms with Crippen molar-refractivity contribution in [2.75, 3.05) is 11.3 Å². The van der Waals surface area contributed by atoms with Gasteiger partial charge in [0.15, 0.2) is 0 Å². The third-order valence-electron chi connectivity index (χ3n) is 3.11. The van der Waals surface area contributed by atoms with Crippen LogP contribution in [0.15, 0.2) is 59.5 Å². The Labute approximate surface area is 141 Å². The van der Waals surface area contributed by atoms with Crippen LogP contribution in [0.5, 0.6) is 0 Å². The van der Waals surface area contributed by atoms with Crippen LogP contribution in [0.25, 0.3) is 0 Å². The van der Waals surface area contributed by atoms with Crippen LogP contribution in [-0.2, 0) is 16.6 Å². The molecule has 2 amide bonds. The van der Waals surface area contributed by atoms with Crippen LogP contribution in [-0.4, -0.2) is 21.0 Å². The van der Waals surface area contributed by atoms with Crippen molar-refractivity contribution in [1.82, 2.24) is 10.6 Å². The van der Waals surface area contributed by atoms with Gasteiger partial charge < -0.3 is 10.6 Å². The fourth-order valence-corrected chi connectivity index (χ4v) is 3.07. The fourth-order valence-electron chi connectivity index (χ4n) is 1.95. The van der Waals surface area contributed by atoms with Crippen molar-refractivity contribution in [1.29, 1.82) is 0 Å². The van der Waals surface area contributed by atoms with Crippen molar-refractivity contribution in [2.24, 2.45) is 0 Å². The molecule has 2 aromatic carbocycles. The molecule has 0 atom stereocenters. The van der Waals surface area contributed by atoms with Crippen molar-refractivity contribution in [3.63, 3.8) is 0 Å². The number of carbonyl (C=O) groups is 1. The van der Waals surface area contributed by atoms with Gasteiger partial charge in [-0.15, -0.1) is 6.42 Å². The molecule has 0 aliphatic heterocycles. The Balaban J connectivity index is 2.12. The SMILES string of the molecule is C#CCNC(=O)NCc1ccccc1NS(=O)(=O)c1ccccc1. The first kappa shape index (κ1) is 17.4. The monoisotopic (exact) mass is 343 g/mol. The largest absolute Gasteiger partial charge is 0.334 e. The highest BCUT2D eigenvalue weighted by molar-refractivity contribution is 7.92. The van der Waals surface area contributed by atoms with E-state index in [4.69, 9.17) is 6.42 Å². The summed E-state index contributed by atoms with van der Waals surface area (Å²) < 4.78 is 27.3. The number of terminal acetylenes is 1. The lowest BCUT2D eigenvalue weighted by Gasteiger charge is -2.13. The molecule has 24 heavy (non-hydrogen) atoms. The van der Waals surface area contributed by atoms with E-state index in [0.29, 0.717) is 11.3 Å². The van der Waals surface area contributed by atoms with Gasteiger partial charge in [0.25, 0.3) is 10.0 Å². The maximum Gasteiger partial charge on any atom is 0.315 e. The molecule has 2 aromatic rings. The van der Waals surface area contributed by atoms with Gasteiger partial charge in [-0.1, -0.05) is 42.3 Å². The van der Waals surface area contributed by atoms with Gasteiger partial charge in [-0.2, -0.15) is 0 Å². The lowest BCUT2D eigenvalue weighted by atomic mass is 10.2. The number of anilines is 1. The van der Waals surface area contributed by atoms with E-state index in [1.807, 2.05) is 0 Å². The lowest BCUT2D eigenvalue weighted by molar-refractivity contribution is 0.241. The van der Waals surface area contributed by atoms with Gasteiger partial charge in [-0.05, 0) is 23.8 Å². The van der Waals surface area contributed by atoms with Crippen molar-refractivity contribution >= 4 is 21.7 Å². The first-order valence-electron chi connectivity index (χ1n) is 7.14. The molecule has 0 bridgehead atoms. The minimum atomic E-state index is -3.69. The number of rotatable bonds is 6. The quantitative estimate of drug-likeness (QED) is 0.700. The molecular formula is C17H17N3O3S. The number of urea groups is 1. The first-order valence-corrected chi connectivity index (χ1v) is 8.62. The van der Waals surface area contributed by atoms with Crippen LogP contribution in [0.4, 0.5) is 10.5 Å². The number of hydrogen-bond acceptors (Lipinski definition) is 3. The standard InChI is InChI=1S/C17H17N3O3S/c1-2-12-18-17(21)19-13-14-8-6-7-11-16(14)20-24(22,23)15-9-4-3-5-10-15/h1,3-11,20H,12-13H2,(H2,18,19,21). The Morgan fingerprint density at radius 1 is 1.00 bits per heavy atom. The molecule has 124 valence electrons. The van der Waals surface area contributed by atoms with Crippen molar-refractivity contribution < 1.29 is 13.2 Å². The van der Waals surface area contributed by atoms with Crippen LogP contribution in [0.1, 0.15) is 5.56 Å². The molecule has 0 saturated heterocycles. The summed E-state index contributed by atoms with van der Waals surface area (Å²) in [6.45, 7) is 0.276. The number of hydrogen-bond donors (Lipinski definition) is 3. The van der Waals surface area contributed by atoms with E-state index in [1.54, 1.807) is 42.5 Å². The smallest absolute Gasteiger partial charge is 0.315 e. The highest BCUT2D eigenvalue weighted by atomic mass is 32.2. The summed E-state index contributed by atoms with van der Waals surface area (Å²) in [5, 5.41) is 5.09. The second-order valence-electron chi connectivity index (χ2n) is 4.82. The second kappa shape index (κ2) is 8.04. The Hall–Kier alpha value is -2.98. The number of carbonyl (C=O) groups excluding carboxylic acids is 1.